The van der Waals surface area contributed by atoms with E-state index in [-0.39, 0.29) is 5.91 Å². The summed E-state index contributed by atoms with van der Waals surface area (Å²) >= 11 is 4.27. The van der Waals surface area contributed by atoms with Gasteiger partial charge in [-0.05, 0) is 50.1 Å². The Bertz CT molecular complexity index is 583. The van der Waals surface area contributed by atoms with Crippen molar-refractivity contribution in [2.24, 2.45) is 5.92 Å². The van der Waals surface area contributed by atoms with Crippen LogP contribution in [0.1, 0.15) is 32.8 Å². The van der Waals surface area contributed by atoms with Gasteiger partial charge in [-0.25, -0.2) is 4.79 Å². The maximum absolute atomic E-state index is 12.0. The molecule has 0 spiro atoms. The van der Waals surface area contributed by atoms with Gasteiger partial charge in [-0.2, -0.15) is 12.6 Å². The van der Waals surface area contributed by atoms with Gasteiger partial charge in [-0.15, -0.1) is 0 Å². The number of anilines is 1. The third-order valence-corrected chi connectivity index (χ3v) is 4.01. The number of carbonyl (C=O) groups is 2. The minimum atomic E-state index is -0.536. The molecule has 1 aromatic carbocycles. The zero-order valence-corrected chi connectivity index (χ0v) is 14.7. The highest BCUT2D eigenvalue weighted by Crippen LogP contribution is 2.22. The molecular weight excluding hydrogens is 312 g/mol. The number of benzene rings is 1. The van der Waals surface area contributed by atoms with Gasteiger partial charge in [0.1, 0.15) is 5.60 Å². The van der Waals surface area contributed by atoms with Crippen LogP contribution in [0.15, 0.2) is 24.3 Å². The minimum absolute atomic E-state index is 0.162. The topological polar surface area (TPSA) is 58.6 Å². The van der Waals surface area contributed by atoms with E-state index in [1.165, 1.54) is 0 Å². The molecule has 1 heterocycles. The van der Waals surface area contributed by atoms with Gasteiger partial charge in [0.05, 0.1) is 0 Å². The van der Waals surface area contributed by atoms with Crippen LogP contribution in [-0.4, -0.2) is 34.8 Å². The van der Waals surface area contributed by atoms with Crippen LogP contribution < -0.4 is 5.32 Å². The molecule has 23 heavy (non-hydrogen) atoms. The lowest BCUT2D eigenvalue weighted by Gasteiger charge is -2.20. The number of amides is 2. The van der Waals surface area contributed by atoms with Crippen LogP contribution >= 0.6 is 12.6 Å². The number of likely N-dealkylation sites (tertiary alicyclic amines) is 1. The molecule has 1 saturated heterocycles. The zero-order valence-electron chi connectivity index (χ0n) is 13.8. The summed E-state index contributed by atoms with van der Waals surface area (Å²) < 4.78 is 5.24. The van der Waals surface area contributed by atoms with E-state index in [1.54, 1.807) is 6.07 Å². The molecule has 2 rings (SSSR count). The lowest BCUT2D eigenvalue weighted by atomic mass is 10.1. The van der Waals surface area contributed by atoms with Crippen LogP contribution in [-0.2, 0) is 16.1 Å². The summed E-state index contributed by atoms with van der Waals surface area (Å²) in [5, 5.41) is 2.72. The van der Waals surface area contributed by atoms with Gasteiger partial charge in [-0.1, -0.05) is 12.1 Å². The molecule has 0 saturated carbocycles. The lowest BCUT2D eigenvalue weighted by molar-refractivity contribution is -0.128. The molecule has 1 fully saturated rings. The highest BCUT2D eigenvalue weighted by Gasteiger charge is 2.28. The average molecular weight is 336 g/mol. The number of nitrogens with zero attached hydrogens (tertiary/aromatic N) is 1. The summed E-state index contributed by atoms with van der Waals surface area (Å²) in [5.41, 5.74) is 1.10. The molecule has 1 aliphatic rings. The van der Waals surface area contributed by atoms with E-state index < -0.39 is 11.7 Å². The summed E-state index contributed by atoms with van der Waals surface area (Å²) in [4.78, 5) is 25.6. The normalized spacial score (nSPS) is 18.2. The highest BCUT2D eigenvalue weighted by atomic mass is 32.1. The molecule has 0 radical (unpaired) electrons. The van der Waals surface area contributed by atoms with Gasteiger partial charge >= 0.3 is 6.09 Å². The van der Waals surface area contributed by atoms with E-state index in [0.29, 0.717) is 24.6 Å². The van der Waals surface area contributed by atoms with E-state index in [9.17, 15) is 9.59 Å². The first-order valence-electron chi connectivity index (χ1n) is 7.74. The molecule has 1 atom stereocenters. The molecule has 1 N–H and O–H groups in total. The standard InChI is InChI=1S/C17H24N2O3S/c1-17(2,3)22-16(21)18-14-6-4-5-12(7-14)9-19-10-13(11-23)8-15(19)20/h4-7,13,23H,8-11H2,1-3H3,(H,18,21). The Kier molecular flexibility index (Phi) is 5.57. The third-order valence-electron chi connectivity index (χ3n) is 3.50. The second-order valence-corrected chi connectivity index (χ2v) is 7.22. The summed E-state index contributed by atoms with van der Waals surface area (Å²) in [6.07, 6.45) is 0.0846. The maximum atomic E-state index is 12.0. The Hall–Kier alpha value is -1.69. The minimum Gasteiger partial charge on any atom is -0.444 e. The molecule has 0 aromatic heterocycles. The van der Waals surface area contributed by atoms with Crippen LogP contribution in [0.2, 0.25) is 0 Å². The van der Waals surface area contributed by atoms with Crippen molar-refractivity contribution >= 4 is 30.3 Å². The van der Waals surface area contributed by atoms with Crippen molar-refractivity contribution < 1.29 is 14.3 Å². The third kappa shape index (κ3) is 5.46. The Balaban J connectivity index is 1.97. The van der Waals surface area contributed by atoms with Crippen molar-refractivity contribution in [3.63, 3.8) is 0 Å². The van der Waals surface area contributed by atoms with E-state index >= 15 is 0 Å². The van der Waals surface area contributed by atoms with Crippen molar-refractivity contribution in [2.75, 3.05) is 17.6 Å². The molecule has 126 valence electrons. The van der Waals surface area contributed by atoms with E-state index in [4.69, 9.17) is 4.74 Å². The first-order valence-corrected chi connectivity index (χ1v) is 8.37. The van der Waals surface area contributed by atoms with Crippen LogP contribution in [0.4, 0.5) is 10.5 Å². The summed E-state index contributed by atoms with van der Waals surface area (Å²) in [5.74, 6) is 1.21. The summed E-state index contributed by atoms with van der Waals surface area (Å²) in [6, 6.07) is 7.47. The Morgan fingerprint density at radius 3 is 2.78 bits per heavy atom. The number of hydrogen-bond donors (Lipinski definition) is 2. The van der Waals surface area contributed by atoms with Gasteiger partial charge in [0.15, 0.2) is 0 Å². The molecule has 1 unspecified atom stereocenters. The van der Waals surface area contributed by atoms with Crippen molar-refractivity contribution in [3.8, 4) is 0 Å². The van der Waals surface area contributed by atoms with Gasteiger partial charge in [0.25, 0.3) is 0 Å². The first-order chi connectivity index (χ1) is 10.8. The molecule has 0 aliphatic carbocycles. The van der Waals surface area contributed by atoms with E-state index in [2.05, 4.69) is 17.9 Å². The predicted molar refractivity (Wildman–Crippen MR) is 93.7 cm³/mol. The molecule has 1 aliphatic heterocycles. The highest BCUT2D eigenvalue weighted by molar-refractivity contribution is 7.80. The van der Waals surface area contributed by atoms with E-state index in [0.717, 1.165) is 17.9 Å². The maximum Gasteiger partial charge on any atom is 0.412 e. The predicted octanol–water partition coefficient (Wildman–Crippen LogP) is 3.31. The van der Waals surface area contributed by atoms with Gasteiger partial charge in [0, 0.05) is 25.2 Å². The fourth-order valence-electron chi connectivity index (χ4n) is 2.52. The van der Waals surface area contributed by atoms with E-state index in [1.807, 2.05) is 43.9 Å². The molecule has 1 aromatic rings. The van der Waals surface area contributed by atoms with Crippen molar-refractivity contribution in [2.45, 2.75) is 39.3 Å². The number of carbonyl (C=O) groups excluding carboxylic acids is 2. The van der Waals surface area contributed by atoms with Crippen LogP contribution in [0.25, 0.3) is 0 Å². The number of nitrogens with one attached hydrogen (secondary N) is 1. The van der Waals surface area contributed by atoms with Crippen LogP contribution in [0, 0.1) is 5.92 Å². The van der Waals surface area contributed by atoms with Gasteiger partial charge in [-0.3, -0.25) is 10.1 Å². The Morgan fingerprint density at radius 1 is 1.43 bits per heavy atom. The van der Waals surface area contributed by atoms with Gasteiger partial charge < -0.3 is 9.64 Å². The monoisotopic (exact) mass is 336 g/mol. The van der Waals surface area contributed by atoms with Crippen molar-refractivity contribution in [3.05, 3.63) is 29.8 Å². The van der Waals surface area contributed by atoms with Crippen molar-refractivity contribution in [1.29, 1.82) is 0 Å². The Labute approximate surface area is 142 Å². The second-order valence-electron chi connectivity index (χ2n) is 6.85. The first kappa shape index (κ1) is 17.7. The Morgan fingerprint density at radius 2 is 2.17 bits per heavy atom. The zero-order chi connectivity index (χ0) is 17.0. The molecular formula is C17H24N2O3S. The fourth-order valence-corrected chi connectivity index (χ4v) is 2.76. The number of ether oxygens (including phenoxy) is 1. The smallest absolute Gasteiger partial charge is 0.412 e. The summed E-state index contributed by atoms with van der Waals surface area (Å²) in [6.45, 7) is 6.75. The van der Waals surface area contributed by atoms with Crippen LogP contribution in [0.5, 0.6) is 0 Å². The number of rotatable bonds is 4. The molecule has 2 amide bonds. The number of thiol groups is 1. The lowest BCUT2D eigenvalue weighted by Crippen LogP contribution is -2.27. The molecule has 0 bridgehead atoms. The van der Waals surface area contributed by atoms with Gasteiger partial charge in [0.2, 0.25) is 5.91 Å². The largest absolute Gasteiger partial charge is 0.444 e. The number of hydrogen-bond acceptors (Lipinski definition) is 4. The molecule has 6 heteroatoms. The fraction of sp³-hybridized carbons (Fsp3) is 0.529. The quantitative estimate of drug-likeness (QED) is 0.829. The summed E-state index contributed by atoms with van der Waals surface area (Å²) in [7, 11) is 0. The van der Waals surface area contributed by atoms with Crippen LogP contribution in [0.3, 0.4) is 0 Å². The van der Waals surface area contributed by atoms with Crippen molar-refractivity contribution in [1.82, 2.24) is 4.90 Å². The SMILES string of the molecule is CC(C)(C)OC(=O)Nc1cccc(CN2CC(CS)CC2=O)c1. The average Bonchev–Trinajstić information content (AvgIpc) is 2.77. The second kappa shape index (κ2) is 7.25. The molecule has 5 nitrogen and oxygen atoms in total.